The smallest absolute Gasteiger partial charge is 0.0598 e. The van der Waals surface area contributed by atoms with Gasteiger partial charge in [-0.2, -0.15) is 0 Å². The number of likely N-dealkylation sites (N-methyl/N-ethyl adjacent to an activating group) is 1. The zero-order valence-corrected chi connectivity index (χ0v) is 10.3. The Balaban J connectivity index is 1.67. The number of rotatable bonds is 3. The zero-order chi connectivity index (χ0) is 11.4. The monoisotopic (exact) mass is 221 g/mol. The Kier molecular flexibility index (Phi) is 4.22. The second kappa shape index (κ2) is 5.67. The summed E-state index contributed by atoms with van der Waals surface area (Å²) >= 11 is 0. The predicted molar refractivity (Wildman–Crippen MR) is 67.3 cm³/mol. The molecule has 0 aliphatic carbocycles. The molecule has 1 unspecified atom stereocenters. The maximum atomic E-state index is 5.33. The second-order valence-electron chi connectivity index (χ2n) is 5.17. The lowest BCUT2D eigenvalue weighted by atomic mass is 10.0. The fourth-order valence-corrected chi connectivity index (χ4v) is 2.79. The number of piperidine rings is 1. The van der Waals surface area contributed by atoms with Crippen LogP contribution in [0.4, 0.5) is 0 Å². The third-order valence-electron chi connectivity index (χ3n) is 3.77. The van der Waals surface area contributed by atoms with Crippen LogP contribution >= 0.6 is 0 Å². The SMILES string of the molecule is C#CCN1CCC(NC2CCN(C)C2)CC1. The molecule has 1 atom stereocenters. The van der Waals surface area contributed by atoms with Crippen molar-refractivity contribution in [3.05, 3.63) is 0 Å². The largest absolute Gasteiger partial charge is 0.310 e. The second-order valence-corrected chi connectivity index (χ2v) is 5.17. The summed E-state index contributed by atoms with van der Waals surface area (Å²) < 4.78 is 0. The van der Waals surface area contributed by atoms with Crippen LogP contribution in [0.2, 0.25) is 0 Å². The summed E-state index contributed by atoms with van der Waals surface area (Å²) in [6.45, 7) is 5.59. The Morgan fingerprint density at radius 1 is 1.19 bits per heavy atom. The zero-order valence-electron chi connectivity index (χ0n) is 10.3. The summed E-state index contributed by atoms with van der Waals surface area (Å²) in [5.74, 6) is 2.73. The molecule has 16 heavy (non-hydrogen) atoms. The third kappa shape index (κ3) is 3.21. The minimum absolute atomic E-state index is 0.713. The maximum Gasteiger partial charge on any atom is 0.0598 e. The highest BCUT2D eigenvalue weighted by Crippen LogP contribution is 2.13. The summed E-state index contributed by atoms with van der Waals surface area (Å²) in [5, 5.41) is 3.79. The van der Waals surface area contributed by atoms with Gasteiger partial charge >= 0.3 is 0 Å². The molecule has 0 aromatic rings. The molecule has 0 saturated carbocycles. The minimum Gasteiger partial charge on any atom is -0.310 e. The van der Waals surface area contributed by atoms with Gasteiger partial charge in [-0.3, -0.25) is 4.90 Å². The van der Waals surface area contributed by atoms with Crippen molar-refractivity contribution in [2.24, 2.45) is 0 Å². The average Bonchev–Trinajstić information content (AvgIpc) is 2.67. The van der Waals surface area contributed by atoms with E-state index in [1.54, 1.807) is 0 Å². The van der Waals surface area contributed by atoms with Crippen LogP contribution in [0.25, 0.3) is 0 Å². The first kappa shape index (κ1) is 11.9. The lowest BCUT2D eigenvalue weighted by Gasteiger charge is -2.32. The lowest BCUT2D eigenvalue weighted by molar-refractivity contribution is 0.209. The summed E-state index contributed by atoms with van der Waals surface area (Å²) in [7, 11) is 2.21. The van der Waals surface area contributed by atoms with Gasteiger partial charge in [0.05, 0.1) is 6.54 Å². The van der Waals surface area contributed by atoms with Crippen LogP contribution < -0.4 is 5.32 Å². The number of hydrogen-bond donors (Lipinski definition) is 1. The molecule has 1 N–H and O–H groups in total. The Labute approximate surface area is 99.2 Å². The van der Waals surface area contributed by atoms with Gasteiger partial charge in [0.15, 0.2) is 0 Å². The van der Waals surface area contributed by atoms with Crippen molar-refractivity contribution in [1.29, 1.82) is 0 Å². The molecule has 2 saturated heterocycles. The van der Waals surface area contributed by atoms with Crippen LogP contribution in [0, 0.1) is 12.3 Å². The topological polar surface area (TPSA) is 18.5 Å². The van der Waals surface area contributed by atoms with Crippen LogP contribution in [0.3, 0.4) is 0 Å². The molecule has 0 amide bonds. The van der Waals surface area contributed by atoms with Crippen LogP contribution in [0.5, 0.6) is 0 Å². The third-order valence-corrected chi connectivity index (χ3v) is 3.77. The highest BCUT2D eigenvalue weighted by molar-refractivity contribution is 4.91. The molecule has 90 valence electrons. The fraction of sp³-hybridized carbons (Fsp3) is 0.846. The quantitative estimate of drug-likeness (QED) is 0.695. The Morgan fingerprint density at radius 2 is 1.88 bits per heavy atom. The first-order chi connectivity index (χ1) is 7.78. The molecule has 3 heteroatoms. The van der Waals surface area contributed by atoms with Gasteiger partial charge in [-0.15, -0.1) is 6.42 Å². The van der Waals surface area contributed by atoms with Crippen LogP contribution in [0.15, 0.2) is 0 Å². The first-order valence-corrected chi connectivity index (χ1v) is 6.38. The van der Waals surface area contributed by atoms with E-state index in [0.717, 1.165) is 19.6 Å². The van der Waals surface area contributed by atoms with Gasteiger partial charge in [-0.05, 0) is 32.9 Å². The molecule has 3 nitrogen and oxygen atoms in total. The molecule has 0 aromatic heterocycles. The highest BCUT2D eigenvalue weighted by atomic mass is 15.2. The van der Waals surface area contributed by atoms with E-state index in [9.17, 15) is 0 Å². The molecular formula is C13H23N3. The number of nitrogens with one attached hydrogen (secondary N) is 1. The average molecular weight is 221 g/mol. The van der Waals surface area contributed by atoms with Crippen molar-refractivity contribution in [3.8, 4) is 12.3 Å². The van der Waals surface area contributed by atoms with E-state index < -0.39 is 0 Å². The molecule has 2 aliphatic rings. The van der Waals surface area contributed by atoms with Gasteiger partial charge in [0.1, 0.15) is 0 Å². The number of likely N-dealkylation sites (tertiary alicyclic amines) is 2. The standard InChI is InChI=1S/C13H23N3/c1-3-7-16-9-5-12(6-10-16)14-13-4-8-15(2)11-13/h1,12-14H,4-11H2,2H3. The summed E-state index contributed by atoms with van der Waals surface area (Å²) in [6, 6.07) is 1.43. The molecule has 0 radical (unpaired) electrons. The molecule has 0 bridgehead atoms. The van der Waals surface area contributed by atoms with Crippen molar-refractivity contribution in [2.75, 3.05) is 39.8 Å². The van der Waals surface area contributed by atoms with Gasteiger partial charge < -0.3 is 10.2 Å². The van der Waals surface area contributed by atoms with Crippen molar-refractivity contribution in [2.45, 2.75) is 31.3 Å². The summed E-state index contributed by atoms with van der Waals surface area (Å²) in [4.78, 5) is 4.78. The van der Waals surface area contributed by atoms with E-state index in [-0.39, 0.29) is 0 Å². The van der Waals surface area contributed by atoms with Gasteiger partial charge in [0.2, 0.25) is 0 Å². The van der Waals surface area contributed by atoms with Crippen molar-refractivity contribution >= 4 is 0 Å². The van der Waals surface area contributed by atoms with Crippen LogP contribution in [-0.2, 0) is 0 Å². The van der Waals surface area contributed by atoms with Gasteiger partial charge in [0, 0.05) is 31.7 Å². The highest BCUT2D eigenvalue weighted by Gasteiger charge is 2.24. The van der Waals surface area contributed by atoms with E-state index in [1.807, 2.05) is 0 Å². The van der Waals surface area contributed by atoms with E-state index in [0.29, 0.717) is 12.1 Å². The number of nitrogens with zero attached hydrogens (tertiary/aromatic N) is 2. The lowest BCUT2D eigenvalue weighted by Crippen LogP contribution is -2.46. The molecule has 2 aliphatic heterocycles. The molecular weight excluding hydrogens is 198 g/mol. The maximum absolute atomic E-state index is 5.33. The van der Waals surface area contributed by atoms with E-state index in [1.165, 1.54) is 32.4 Å². The number of hydrogen-bond acceptors (Lipinski definition) is 3. The van der Waals surface area contributed by atoms with Gasteiger partial charge in [-0.1, -0.05) is 5.92 Å². The van der Waals surface area contributed by atoms with Gasteiger partial charge in [0.25, 0.3) is 0 Å². The molecule has 2 rings (SSSR count). The van der Waals surface area contributed by atoms with Gasteiger partial charge in [-0.25, -0.2) is 0 Å². The van der Waals surface area contributed by atoms with Crippen molar-refractivity contribution in [3.63, 3.8) is 0 Å². The Morgan fingerprint density at radius 3 is 2.44 bits per heavy atom. The van der Waals surface area contributed by atoms with Crippen molar-refractivity contribution in [1.82, 2.24) is 15.1 Å². The van der Waals surface area contributed by atoms with Crippen molar-refractivity contribution < 1.29 is 0 Å². The van der Waals surface area contributed by atoms with Crippen LogP contribution in [0.1, 0.15) is 19.3 Å². The van der Waals surface area contributed by atoms with E-state index >= 15 is 0 Å². The molecule has 2 fully saturated rings. The van der Waals surface area contributed by atoms with Crippen LogP contribution in [-0.4, -0.2) is 61.7 Å². The molecule has 2 heterocycles. The fourth-order valence-electron chi connectivity index (χ4n) is 2.79. The normalized spacial score (nSPS) is 29.4. The summed E-state index contributed by atoms with van der Waals surface area (Å²) in [6.07, 6.45) is 9.14. The van der Waals surface area contributed by atoms with E-state index in [4.69, 9.17) is 6.42 Å². The minimum atomic E-state index is 0.713. The predicted octanol–water partition coefficient (Wildman–Crippen LogP) is 0.378. The van der Waals surface area contributed by atoms with E-state index in [2.05, 4.69) is 28.1 Å². The molecule has 0 spiro atoms. The summed E-state index contributed by atoms with van der Waals surface area (Å²) in [5.41, 5.74) is 0. The Bertz CT molecular complexity index is 250. The molecule has 0 aromatic carbocycles. The first-order valence-electron chi connectivity index (χ1n) is 6.38. The number of terminal acetylenes is 1. The Hall–Kier alpha value is -0.560.